The fourth-order valence-electron chi connectivity index (χ4n) is 2.78. The Kier molecular flexibility index (Phi) is 4.08. The van der Waals surface area contributed by atoms with E-state index in [4.69, 9.17) is 5.73 Å². The van der Waals surface area contributed by atoms with Gasteiger partial charge in [-0.15, -0.1) is 0 Å². The van der Waals surface area contributed by atoms with Gasteiger partial charge >= 0.3 is 0 Å². The monoisotopic (exact) mass is 264 g/mol. The molecular weight excluding hydrogens is 243 g/mol. The average molecular weight is 264 g/mol. The molecule has 4 heteroatoms. The van der Waals surface area contributed by atoms with Gasteiger partial charge in [0, 0.05) is 18.7 Å². The topological polar surface area (TPSA) is 46.3 Å². The van der Waals surface area contributed by atoms with E-state index in [0.717, 1.165) is 19.3 Å². The number of nitrogens with two attached hydrogens (primary N) is 1. The van der Waals surface area contributed by atoms with E-state index in [9.17, 15) is 9.18 Å². The van der Waals surface area contributed by atoms with Crippen molar-refractivity contribution >= 4 is 11.6 Å². The fraction of sp³-hybridized carbons (Fsp3) is 0.533. The molecule has 1 aliphatic carbocycles. The molecule has 0 aromatic heterocycles. The molecule has 0 aliphatic heterocycles. The molecule has 1 fully saturated rings. The largest absolute Gasteiger partial charge is 0.396 e. The third-order valence-electron chi connectivity index (χ3n) is 4.02. The van der Waals surface area contributed by atoms with Crippen LogP contribution in [0.25, 0.3) is 0 Å². The van der Waals surface area contributed by atoms with Crippen LogP contribution in [0.3, 0.4) is 0 Å². The van der Waals surface area contributed by atoms with Crippen molar-refractivity contribution in [2.45, 2.75) is 38.6 Å². The predicted octanol–water partition coefficient (Wildman–Crippen LogP) is 3.06. The molecule has 1 aromatic rings. The lowest BCUT2D eigenvalue weighted by Crippen LogP contribution is -2.39. The maximum atomic E-state index is 13.4. The Morgan fingerprint density at radius 2 is 2.16 bits per heavy atom. The summed E-state index contributed by atoms with van der Waals surface area (Å²) in [5.74, 6) is -0.00795. The van der Waals surface area contributed by atoms with Crippen LogP contribution in [0, 0.1) is 11.7 Å². The first-order valence-corrected chi connectivity index (χ1v) is 6.81. The van der Waals surface area contributed by atoms with Crippen molar-refractivity contribution in [2.75, 3.05) is 12.8 Å². The van der Waals surface area contributed by atoms with Gasteiger partial charge in [0.2, 0.25) is 0 Å². The summed E-state index contributed by atoms with van der Waals surface area (Å²) in [7, 11) is 1.80. The molecule has 2 rings (SSSR count). The lowest BCUT2D eigenvalue weighted by molar-refractivity contribution is 0.0672. The molecule has 2 unspecified atom stereocenters. The Bertz CT molecular complexity index is 475. The van der Waals surface area contributed by atoms with Crippen LogP contribution in [0.1, 0.15) is 43.0 Å². The van der Waals surface area contributed by atoms with Crippen LogP contribution in [0.2, 0.25) is 0 Å². The third kappa shape index (κ3) is 3.06. The highest BCUT2D eigenvalue weighted by atomic mass is 19.1. The molecule has 1 aliphatic rings. The van der Waals surface area contributed by atoms with Gasteiger partial charge in [-0.2, -0.15) is 0 Å². The van der Waals surface area contributed by atoms with Gasteiger partial charge in [-0.3, -0.25) is 4.79 Å². The molecule has 19 heavy (non-hydrogen) atoms. The Morgan fingerprint density at radius 1 is 1.42 bits per heavy atom. The molecule has 0 saturated heterocycles. The van der Waals surface area contributed by atoms with E-state index in [2.05, 4.69) is 6.92 Å². The highest BCUT2D eigenvalue weighted by molar-refractivity contribution is 5.94. The van der Waals surface area contributed by atoms with Crippen molar-refractivity contribution in [1.29, 1.82) is 0 Å². The Morgan fingerprint density at radius 3 is 2.79 bits per heavy atom. The van der Waals surface area contributed by atoms with Crippen LogP contribution in [0.15, 0.2) is 18.2 Å². The van der Waals surface area contributed by atoms with Gasteiger partial charge in [-0.05, 0) is 37.0 Å². The maximum Gasteiger partial charge on any atom is 0.253 e. The molecule has 0 heterocycles. The van der Waals surface area contributed by atoms with Crippen molar-refractivity contribution < 1.29 is 9.18 Å². The quantitative estimate of drug-likeness (QED) is 0.834. The number of carbonyl (C=O) groups is 1. The van der Waals surface area contributed by atoms with E-state index in [1.54, 1.807) is 18.0 Å². The Hall–Kier alpha value is -1.58. The average Bonchev–Trinajstić information content (AvgIpc) is 2.40. The normalized spacial score (nSPS) is 23.1. The molecule has 0 radical (unpaired) electrons. The number of nitrogen functional groups attached to an aromatic ring is 1. The van der Waals surface area contributed by atoms with E-state index in [1.165, 1.54) is 18.6 Å². The number of rotatable bonds is 2. The van der Waals surface area contributed by atoms with Crippen LogP contribution in [-0.4, -0.2) is 23.9 Å². The maximum absolute atomic E-state index is 13.4. The number of hydrogen-bond acceptors (Lipinski definition) is 2. The first kappa shape index (κ1) is 13.8. The van der Waals surface area contributed by atoms with E-state index in [1.807, 2.05) is 0 Å². The summed E-state index contributed by atoms with van der Waals surface area (Å²) in [4.78, 5) is 14.1. The zero-order valence-electron chi connectivity index (χ0n) is 11.5. The van der Waals surface area contributed by atoms with Gasteiger partial charge in [-0.25, -0.2) is 4.39 Å². The second-order valence-electron chi connectivity index (χ2n) is 5.58. The number of nitrogens with zero attached hydrogens (tertiary/aromatic N) is 1. The summed E-state index contributed by atoms with van der Waals surface area (Å²) < 4.78 is 13.4. The minimum Gasteiger partial charge on any atom is -0.396 e. The standard InChI is InChI=1S/C15H21FN2O/c1-10-4-3-5-12(8-10)18(2)15(19)11-6-7-14(17)13(16)9-11/h6-7,9-10,12H,3-5,8,17H2,1-2H3. The van der Waals surface area contributed by atoms with Crippen LogP contribution in [0.5, 0.6) is 0 Å². The van der Waals surface area contributed by atoms with Crippen molar-refractivity contribution in [3.8, 4) is 0 Å². The van der Waals surface area contributed by atoms with Crippen molar-refractivity contribution in [1.82, 2.24) is 4.90 Å². The molecule has 1 aromatic carbocycles. The van der Waals surface area contributed by atoms with E-state index >= 15 is 0 Å². The third-order valence-corrected chi connectivity index (χ3v) is 4.02. The van der Waals surface area contributed by atoms with Gasteiger partial charge in [0.1, 0.15) is 5.82 Å². The van der Waals surface area contributed by atoms with Crippen molar-refractivity contribution in [2.24, 2.45) is 5.92 Å². The predicted molar refractivity (Wildman–Crippen MR) is 74.3 cm³/mol. The lowest BCUT2D eigenvalue weighted by Gasteiger charge is -2.34. The van der Waals surface area contributed by atoms with Crippen LogP contribution < -0.4 is 5.73 Å². The van der Waals surface area contributed by atoms with Crippen LogP contribution in [0.4, 0.5) is 10.1 Å². The number of benzene rings is 1. The van der Waals surface area contributed by atoms with Crippen LogP contribution >= 0.6 is 0 Å². The summed E-state index contributed by atoms with van der Waals surface area (Å²) >= 11 is 0. The molecule has 2 N–H and O–H groups in total. The van der Waals surface area contributed by atoms with Crippen molar-refractivity contribution in [3.63, 3.8) is 0 Å². The Labute approximate surface area is 113 Å². The highest BCUT2D eigenvalue weighted by Crippen LogP contribution is 2.27. The number of carbonyl (C=O) groups excluding carboxylic acids is 1. The van der Waals surface area contributed by atoms with Crippen molar-refractivity contribution in [3.05, 3.63) is 29.6 Å². The van der Waals surface area contributed by atoms with E-state index in [0.29, 0.717) is 11.5 Å². The van der Waals surface area contributed by atoms with Crippen LogP contribution in [-0.2, 0) is 0 Å². The van der Waals surface area contributed by atoms with E-state index < -0.39 is 5.82 Å². The smallest absolute Gasteiger partial charge is 0.253 e. The summed E-state index contributed by atoms with van der Waals surface area (Å²) in [5.41, 5.74) is 5.87. The van der Waals surface area contributed by atoms with Gasteiger partial charge in [0.05, 0.1) is 5.69 Å². The number of anilines is 1. The minimum atomic E-state index is -0.531. The highest BCUT2D eigenvalue weighted by Gasteiger charge is 2.26. The molecule has 0 spiro atoms. The molecule has 1 amide bonds. The summed E-state index contributed by atoms with van der Waals surface area (Å²) in [6.07, 6.45) is 4.44. The SMILES string of the molecule is CC1CCCC(N(C)C(=O)c2ccc(N)c(F)c2)C1. The zero-order valence-corrected chi connectivity index (χ0v) is 11.5. The molecule has 0 bridgehead atoms. The van der Waals surface area contributed by atoms with Gasteiger partial charge in [0.25, 0.3) is 5.91 Å². The molecule has 3 nitrogen and oxygen atoms in total. The molecule has 104 valence electrons. The Balaban J connectivity index is 2.11. The summed E-state index contributed by atoms with van der Waals surface area (Å²) in [6, 6.07) is 4.51. The van der Waals surface area contributed by atoms with E-state index in [-0.39, 0.29) is 17.6 Å². The summed E-state index contributed by atoms with van der Waals surface area (Å²) in [6.45, 7) is 2.22. The zero-order chi connectivity index (χ0) is 14.0. The second-order valence-corrected chi connectivity index (χ2v) is 5.58. The number of halogens is 1. The first-order valence-electron chi connectivity index (χ1n) is 6.81. The number of hydrogen-bond donors (Lipinski definition) is 1. The molecule has 1 saturated carbocycles. The lowest BCUT2D eigenvalue weighted by atomic mass is 9.86. The molecule has 2 atom stereocenters. The minimum absolute atomic E-state index is 0.0745. The first-order chi connectivity index (χ1) is 8.99. The van der Waals surface area contributed by atoms with Gasteiger partial charge in [-0.1, -0.05) is 19.8 Å². The summed E-state index contributed by atoms with van der Waals surface area (Å²) in [5, 5.41) is 0. The fourth-order valence-corrected chi connectivity index (χ4v) is 2.78. The van der Waals surface area contributed by atoms with Gasteiger partial charge in [0.15, 0.2) is 0 Å². The second kappa shape index (κ2) is 5.59. The molecular formula is C15H21FN2O. The van der Waals surface area contributed by atoms with Gasteiger partial charge < -0.3 is 10.6 Å². The number of amides is 1.